The van der Waals surface area contributed by atoms with Crippen LogP contribution >= 0.6 is 22.9 Å². The second kappa shape index (κ2) is 5.13. The van der Waals surface area contributed by atoms with Crippen LogP contribution in [0.1, 0.15) is 25.3 Å². The fraction of sp³-hybridized carbons (Fsp3) is 0.417. The smallest absolute Gasteiger partial charge is 0.108 e. The van der Waals surface area contributed by atoms with Crippen molar-refractivity contribution < 1.29 is 0 Å². The van der Waals surface area contributed by atoms with Gasteiger partial charge < -0.3 is 5.32 Å². The zero-order valence-corrected chi connectivity index (χ0v) is 11.0. The van der Waals surface area contributed by atoms with Crippen LogP contribution in [0.2, 0.25) is 5.02 Å². The molecular weight excluding hydrogens is 240 g/mol. The molecule has 4 heteroatoms. The quantitative estimate of drug-likeness (QED) is 0.897. The van der Waals surface area contributed by atoms with Gasteiger partial charge in [0.1, 0.15) is 5.01 Å². The van der Waals surface area contributed by atoms with Gasteiger partial charge in [-0.25, -0.2) is 4.98 Å². The highest BCUT2D eigenvalue weighted by Crippen LogP contribution is 2.28. The molecule has 0 amide bonds. The molecule has 0 aliphatic carbocycles. The number of nitrogens with zero attached hydrogens (tertiary/aromatic N) is 1. The van der Waals surface area contributed by atoms with Gasteiger partial charge in [-0.2, -0.15) is 0 Å². The molecule has 2 rings (SSSR count). The van der Waals surface area contributed by atoms with Crippen molar-refractivity contribution in [2.24, 2.45) is 0 Å². The standard InChI is InChI=1S/C12H15ClN2S/c1-3-8(2)14-7-11-15-10-6-4-5-9(13)12(10)16-11/h4-6,8,14H,3,7H2,1-2H3. The Morgan fingerprint density at radius 2 is 2.31 bits per heavy atom. The van der Waals surface area contributed by atoms with E-state index in [4.69, 9.17) is 11.6 Å². The average molecular weight is 255 g/mol. The maximum atomic E-state index is 6.11. The summed E-state index contributed by atoms with van der Waals surface area (Å²) in [5.41, 5.74) is 0.999. The van der Waals surface area contributed by atoms with Crippen LogP contribution in [0, 0.1) is 0 Å². The van der Waals surface area contributed by atoms with Crippen LogP contribution in [0.15, 0.2) is 18.2 Å². The van der Waals surface area contributed by atoms with E-state index in [1.54, 1.807) is 11.3 Å². The van der Waals surface area contributed by atoms with Crippen LogP contribution in [-0.2, 0) is 6.54 Å². The third kappa shape index (κ3) is 2.54. The SMILES string of the molecule is CCC(C)NCc1nc2cccc(Cl)c2s1. The molecule has 1 aromatic carbocycles. The molecule has 16 heavy (non-hydrogen) atoms. The largest absolute Gasteiger partial charge is 0.308 e. The number of hydrogen-bond donors (Lipinski definition) is 1. The molecule has 2 aromatic rings. The van der Waals surface area contributed by atoms with Gasteiger partial charge in [0.2, 0.25) is 0 Å². The molecule has 1 N–H and O–H groups in total. The van der Waals surface area contributed by atoms with Crippen molar-refractivity contribution in [1.29, 1.82) is 0 Å². The van der Waals surface area contributed by atoms with E-state index in [0.29, 0.717) is 6.04 Å². The number of fused-ring (bicyclic) bond motifs is 1. The van der Waals surface area contributed by atoms with Crippen LogP contribution in [0.3, 0.4) is 0 Å². The summed E-state index contributed by atoms with van der Waals surface area (Å²) < 4.78 is 1.09. The molecule has 0 aliphatic rings. The molecule has 1 aromatic heterocycles. The lowest BCUT2D eigenvalue weighted by atomic mass is 10.3. The molecule has 1 atom stereocenters. The topological polar surface area (TPSA) is 24.9 Å². The van der Waals surface area contributed by atoms with Gasteiger partial charge in [-0.1, -0.05) is 24.6 Å². The molecule has 86 valence electrons. The van der Waals surface area contributed by atoms with Gasteiger partial charge in [-0.15, -0.1) is 11.3 Å². The monoisotopic (exact) mass is 254 g/mol. The highest BCUT2D eigenvalue weighted by molar-refractivity contribution is 7.19. The molecule has 0 fully saturated rings. The van der Waals surface area contributed by atoms with Gasteiger partial charge >= 0.3 is 0 Å². The first kappa shape index (κ1) is 11.8. The Labute approximate surface area is 105 Å². The Bertz CT molecular complexity index is 481. The molecule has 1 heterocycles. The molecule has 0 bridgehead atoms. The van der Waals surface area contributed by atoms with Crippen molar-refractivity contribution >= 4 is 33.2 Å². The molecular formula is C12H15ClN2S. The summed E-state index contributed by atoms with van der Waals surface area (Å²) in [5, 5.41) is 5.33. The minimum Gasteiger partial charge on any atom is -0.308 e. The van der Waals surface area contributed by atoms with Gasteiger partial charge in [0, 0.05) is 12.6 Å². The lowest BCUT2D eigenvalue weighted by molar-refractivity contribution is 0.533. The minimum absolute atomic E-state index is 0.530. The van der Waals surface area contributed by atoms with E-state index in [9.17, 15) is 0 Å². The highest BCUT2D eigenvalue weighted by atomic mass is 35.5. The summed E-state index contributed by atoms with van der Waals surface area (Å²) in [6.45, 7) is 5.18. The van der Waals surface area contributed by atoms with Gasteiger partial charge in [-0.3, -0.25) is 0 Å². The Hall–Kier alpha value is -0.640. The van der Waals surface area contributed by atoms with Crippen molar-refractivity contribution in [3.8, 4) is 0 Å². The van der Waals surface area contributed by atoms with Crippen LogP contribution in [0.4, 0.5) is 0 Å². The lowest BCUT2D eigenvalue weighted by Crippen LogP contribution is -2.24. The van der Waals surface area contributed by atoms with Gasteiger partial charge in [0.15, 0.2) is 0 Å². The van der Waals surface area contributed by atoms with E-state index in [1.807, 2.05) is 18.2 Å². The van der Waals surface area contributed by atoms with E-state index in [0.717, 1.165) is 33.2 Å². The lowest BCUT2D eigenvalue weighted by Gasteiger charge is -2.08. The first-order valence-electron chi connectivity index (χ1n) is 5.48. The fourth-order valence-corrected chi connectivity index (χ4v) is 2.65. The number of hydrogen-bond acceptors (Lipinski definition) is 3. The van der Waals surface area contributed by atoms with E-state index < -0.39 is 0 Å². The summed E-state index contributed by atoms with van der Waals surface area (Å²) in [6.07, 6.45) is 1.13. The predicted molar refractivity (Wildman–Crippen MR) is 71.2 cm³/mol. The van der Waals surface area contributed by atoms with Crippen LogP contribution in [0.5, 0.6) is 0 Å². The predicted octanol–water partition coefficient (Wildman–Crippen LogP) is 3.84. The van der Waals surface area contributed by atoms with E-state index >= 15 is 0 Å². The van der Waals surface area contributed by atoms with Crippen LogP contribution < -0.4 is 5.32 Å². The summed E-state index contributed by atoms with van der Waals surface area (Å²) in [5.74, 6) is 0. The number of benzene rings is 1. The zero-order chi connectivity index (χ0) is 11.5. The maximum Gasteiger partial charge on any atom is 0.108 e. The van der Waals surface area contributed by atoms with Crippen molar-refractivity contribution in [1.82, 2.24) is 10.3 Å². The van der Waals surface area contributed by atoms with Crippen molar-refractivity contribution in [3.05, 3.63) is 28.2 Å². The van der Waals surface area contributed by atoms with Crippen molar-refractivity contribution in [3.63, 3.8) is 0 Å². The third-order valence-electron chi connectivity index (χ3n) is 2.63. The molecule has 0 saturated heterocycles. The molecule has 0 radical (unpaired) electrons. The minimum atomic E-state index is 0.530. The van der Waals surface area contributed by atoms with E-state index in [1.165, 1.54) is 0 Å². The van der Waals surface area contributed by atoms with Crippen molar-refractivity contribution in [2.45, 2.75) is 32.9 Å². The van der Waals surface area contributed by atoms with Gasteiger partial charge in [0.25, 0.3) is 0 Å². The molecule has 0 spiro atoms. The number of thiazole rings is 1. The number of halogens is 1. The fourth-order valence-electron chi connectivity index (χ4n) is 1.44. The normalized spacial score (nSPS) is 13.2. The Kier molecular flexibility index (Phi) is 3.79. The first-order valence-corrected chi connectivity index (χ1v) is 6.67. The summed E-state index contributed by atoms with van der Waals surface area (Å²) in [4.78, 5) is 4.55. The summed E-state index contributed by atoms with van der Waals surface area (Å²) in [7, 11) is 0. The molecule has 0 aliphatic heterocycles. The van der Waals surface area contributed by atoms with Crippen LogP contribution in [-0.4, -0.2) is 11.0 Å². The van der Waals surface area contributed by atoms with E-state index in [2.05, 4.69) is 24.1 Å². The van der Waals surface area contributed by atoms with Crippen molar-refractivity contribution in [2.75, 3.05) is 0 Å². The first-order chi connectivity index (χ1) is 7.70. The number of rotatable bonds is 4. The second-order valence-corrected chi connectivity index (χ2v) is 5.38. The number of aromatic nitrogens is 1. The second-order valence-electron chi connectivity index (χ2n) is 3.89. The highest BCUT2D eigenvalue weighted by Gasteiger charge is 2.07. The average Bonchev–Trinajstić information content (AvgIpc) is 2.70. The Balaban J connectivity index is 2.17. The number of nitrogens with one attached hydrogen (secondary N) is 1. The third-order valence-corrected chi connectivity index (χ3v) is 4.16. The summed E-state index contributed by atoms with van der Waals surface area (Å²) in [6, 6.07) is 6.39. The van der Waals surface area contributed by atoms with E-state index in [-0.39, 0.29) is 0 Å². The van der Waals surface area contributed by atoms with Gasteiger partial charge in [-0.05, 0) is 25.5 Å². The Morgan fingerprint density at radius 1 is 1.50 bits per heavy atom. The molecule has 2 nitrogen and oxygen atoms in total. The molecule has 0 saturated carbocycles. The van der Waals surface area contributed by atoms with Gasteiger partial charge in [0.05, 0.1) is 15.2 Å². The summed E-state index contributed by atoms with van der Waals surface area (Å²) >= 11 is 7.78. The zero-order valence-electron chi connectivity index (χ0n) is 9.46. The molecule has 1 unspecified atom stereocenters. The Morgan fingerprint density at radius 3 is 3.00 bits per heavy atom. The van der Waals surface area contributed by atoms with Crippen LogP contribution in [0.25, 0.3) is 10.2 Å². The maximum absolute atomic E-state index is 6.11.